The maximum atomic E-state index is 12.1. The number of hydrogen-bond acceptors (Lipinski definition) is 3. The van der Waals surface area contributed by atoms with Crippen molar-refractivity contribution in [3.8, 4) is 0 Å². The fourth-order valence-corrected chi connectivity index (χ4v) is 2.94. The molecular weight excluding hydrogens is 214 g/mol. The molecule has 0 spiro atoms. The third-order valence-electron chi connectivity index (χ3n) is 4.10. The number of hydrogen-bond donors (Lipinski definition) is 2. The quantitative estimate of drug-likeness (QED) is 0.735. The summed E-state index contributed by atoms with van der Waals surface area (Å²) in [6, 6.07) is 0.376. The Morgan fingerprint density at radius 1 is 1.41 bits per heavy atom. The molecule has 2 aliphatic rings. The first-order chi connectivity index (χ1) is 8.16. The first-order valence-corrected chi connectivity index (χ1v) is 6.86. The predicted octanol–water partition coefficient (Wildman–Crippen LogP) is 0.442. The molecule has 17 heavy (non-hydrogen) atoms. The van der Waals surface area contributed by atoms with Crippen molar-refractivity contribution >= 4 is 5.91 Å². The maximum Gasteiger partial charge on any atom is 0.224 e. The summed E-state index contributed by atoms with van der Waals surface area (Å²) in [6.45, 7) is 6.34. The van der Waals surface area contributed by atoms with E-state index in [1.165, 1.54) is 0 Å². The number of amides is 1. The van der Waals surface area contributed by atoms with Crippen LogP contribution in [0.15, 0.2) is 0 Å². The minimum Gasteiger partial charge on any atom is -0.353 e. The van der Waals surface area contributed by atoms with Gasteiger partial charge >= 0.3 is 0 Å². The summed E-state index contributed by atoms with van der Waals surface area (Å²) in [5, 5.41) is 6.56. The van der Waals surface area contributed by atoms with Gasteiger partial charge in [0.05, 0.1) is 5.92 Å². The standard InChI is InChI=1S/C13H25N3O/c1-10-9-16(2)7-5-12(10)15-13(17)11-4-3-6-14-8-11/h10-12,14H,3-9H2,1-2H3,(H,15,17)/t10?,11-,12?/m0/s1. The number of carbonyl (C=O) groups is 1. The summed E-state index contributed by atoms with van der Waals surface area (Å²) in [7, 11) is 2.15. The average molecular weight is 239 g/mol. The molecule has 1 amide bonds. The molecule has 0 radical (unpaired) electrons. The first kappa shape index (κ1) is 12.8. The summed E-state index contributed by atoms with van der Waals surface area (Å²) in [5.74, 6) is 1.02. The van der Waals surface area contributed by atoms with Gasteiger partial charge in [0.2, 0.25) is 5.91 Å². The summed E-state index contributed by atoms with van der Waals surface area (Å²) >= 11 is 0. The van der Waals surface area contributed by atoms with E-state index in [0.29, 0.717) is 12.0 Å². The lowest BCUT2D eigenvalue weighted by atomic mass is 9.92. The van der Waals surface area contributed by atoms with Gasteiger partial charge in [-0.05, 0) is 45.3 Å². The summed E-state index contributed by atoms with van der Waals surface area (Å²) in [4.78, 5) is 14.5. The van der Waals surface area contributed by atoms with E-state index >= 15 is 0 Å². The van der Waals surface area contributed by atoms with Crippen molar-refractivity contribution in [3.05, 3.63) is 0 Å². The molecule has 2 saturated heterocycles. The molecule has 2 unspecified atom stereocenters. The van der Waals surface area contributed by atoms with Crippen LogP contribution in [0, 0.1) is 11.8 Å². The molecular formula is C13H25N3O. The Balaban J connectivity index is 1.81. The number of nitrogens with one attached hydrogen (secondary N) is 2. The minimum absolute atomic E-state index is 0.190. The molecule has 0 aromatic rings. The summed E-state index contributed by atoms with van der Waals surface area (Å²) in [6.07, 6.45) is 3.25. The molecule has 2 rings (SSSR count). The number of carbonyl (C=O) groups excluding carboxylic acids is 1. The van der Waals surface area contributed by atoms with E-state index in [-0.39, 0.29) is 11.8 Å². The molecule has 0 aromatic heterocycles. The molecule has 2 N–H and O–H groups in total. The van der Waals surface area contributed by atoms with Crippen molar-refractivity contribution in [2.45, 2.75) is 32.2 Å². The monoisotopic (exact) mass is 239 g/mol. The lowest BCUT2D eigenvalue weighted by molar-refractivity contribution is -0.126. The van der Waals surface area contributed by atoms with Crippen LogP contribution < -0.4 is 10.6 Å². The van der Waals surface area contributed by atoms with E-state index in [9.17, 15) is 4.79 Å². The third-order valence-corrected chi connectivity index (χ3v) is 4.10. The average Bonchev–Trinajstić information content (AvgIpc) is 2.34. The topological polar surface area (TPSA) is 44.4 Å². The van der Waals surface area contributed by atoms with Crippen molar-refractivity contribution in [2.75, 3.05) is 33.2 Å². The molecule has 3 atom stereocenters. The van der Waals surface area contributed by atoms with Gasteiger partial charge in [-0.1, -0.05) is 6.92 Å². The van der Waals surface area contributed by atoms with Crippen LogP contribution in [0.2, 0.25) is 0 Å². The zero-order chi connectivity index (χ0) is 12.3. The molecule has 4 heteroatoms. The second-order valence-electron chi connectivity index (χ2n) is 5.69. The molecule has 0 aliphatic carbocycles. The smallest absolute Gasteiger partial charge is 0.224 e. The van der Waals surface area contributed by atoms with Crippen LogP contribution >= 0.6 is 0 Å². The van der Waals surface area contributed by atoms with Crippen LogP contribution in [0.1, 0.15) is 26.2 Å². The van der Waals surface area contributed by atoms with Crippen LogP contribution in [0.5, 0.6) is 0 Å². The fourth-order valence-electron chi connectivity index (χ4n) is 2.94. The first-order valence-electron chi connectivity index (χ1n) is 6.86. The summed E-state index contributed by atoms with van der Waals surface area (Å²) < 4.78 is 0. The highest BCUT2D eigenvalue weighted by molar-refractivity contribution is 5.79. The zero-order valence-electron chi connectivity index (χ0n) is 11.0. The molecule has 2 heterocycles. The molecule has 0 aromatic carbocycles. The number of rotatable bonds is 2. The van der Waals surface area contributed by atoms with Gasteiger partial charge in [0.15, 0.2) is 0 Å². The van der Waals surface area contributed by atoms with E-state index in [1.807, 2.05) is 0 Å². The molecule has 0 saturated carbocycles. The molecule has 2 fully saturated rings. The van der Waals surface area contributed by atoms with E-state index in [4.69, 9.17) is 0 Å². The van der Waals surface area contributed by atoms with Gasteiger partial charge in [0.1, 0.15) is 0 Å². The van der Waals surface area contributed by atoms with Gasteiger partial charge in [0.25, 0.3) is 0 Å². The van der Waals surface area contributed by atoms with Crippen molar-refractivity contribution < 1.29 is 4.79 Å². The van der Waals surface area contributed by atoms with Crippen molar-refractivity contribution in [1.29, 1.82) is 0 Å². The van der Waals surface area contributed by atoms with Crippen molar-refractivity contribution in [3.63, 3.8) is 0 Å². The van der Waals surface area contributed by atoms with Crippen LogP contribution in [-0.4, -0.2) is 50.1 Å². The Morgan fingerprint density at radius 3 is 2.88 bits per heavy atom. The number of nitrogens with zero attached hydrogens (tertiary/aromatic N) is 1. The number of likely N-dealkylation sites (tertiary alicyclic amines) is 1. The van der Waals surface area contributed by atoms with Gasteiger partial charge < -0.3 is 15.5 Å². The maximum absolute atomic E-state index is 12.1. The molecule has 0 bridgehead atoms. The molecule has 4 nitrogen and oxygen atoms in total. The Morgan fingerprint density at radius 2 is 2.24 bits per heavy atom. The van der Waals surface area contributed by atoms with Gasteiger partial charge in [-0.25, -0.2) is 0 Å². The Hall–Kier alpha value is -0.610. The lowest BCUT2D eigenvalue weighted by Gasteiger charge is -2.36. The highest BCUT2D eigenvalue weighted by Gasteiger charge is 2.28. The second-order valence-corrected chi connectivity index (χ2v) is 5.69. The summed E-state index contributed by atoms with van der Waals surface area (Å²) in [5.41, 5.74) is 0. The van der Waals surface area contributed by atoms with E-state index in [2.05, 4.69) is 29.5 Å². The molecule has 98 valence electrons. The zero-order valence-corrected chi connectivity index (χ0v) is 11.0. The SMILES string of the molecule is CC1CN(C)CCC1NC(=O)[C@H]1CCCNC1. The highest BCUT2D eigenvalue weighted by atomic mass is 16.2. The Labute approximate surface area is 104 Å². The van der Waals surface area contributed by atoms with Gasteiger partial charge in [0, 0.05) is 19.1 Å². The second kappa shape index (κ2) is 5.83. The third kappa shape index (κ3) is 3.42. The fraction of sp³-hybridized carbons (Fsp3) is 0.923. The van der Waals surface area contributed by atoms with Gasteiger partial charge in [-0.15, -0.1) is 0 Å². The Kier molecular flexibility index (Phi) is 4.40. The largest absolute Gasteiger partial charge is 0.353 e. The van der Waals surface area contributed by atoms with Crippen molar-refractivity contribution in [2.24, 2.45) is 11.8 Å². The van der Waals surface area contributed by atoms with Crippen molar-refractivity contribution in [1.82, 2.24) is 15.5 Å². The highest BCUT2D eigenvalue weighted by Crippen LogP contribution is 2.17. The van der Waals surface area contributed by atoms with Crippen LogP contribution in [0.25, 0.3) is 0 Å². The molecule has 2 aliphatic heterocycles. The minimum atomic E-state index is 0.190. The lowest BCUT2D eigenvalue weighted by Crippen LogP contribution is -2.51. The van der Waals surface area contributed by atoms with Gasteiger partial charge in [-0.3, -0.25) is 4.79 Å². The Bertz CT molecular complexity index is 263. The van der Waals surface area contributed by atoms with Crippen LogP contribution in [0.3, 0.4) is 0 Å². The number of piperidine rings is 2. The van der Waals surface area contributed by atoms with E-state index in [0.717, 1.165) is 45.4 Å². The van der Waals surface area contributed by atoms with E-state index in [1.54, 1.807) is 0 Å². The van der Waals surface area contributed by atoms with Crippen LogP contribution in [0.4, 0.5) is 0 Å². The van der Waals surface area contributed by atoms with Gasteiger partial charge in [-0.2, -0.15) is 0 Å². The van der Waals surface area contributed by atoms with Crippen LogP contribution in [-0.2, 0) is 4.79 Å². The normalized spacial score (nSPS) is 35.5. The predicted molar refractivity (Wildman–Crippen MR) is 68.8 cm³/mol. The van der Waals surface area contributed by atoms with E-state index < -0.39 is 0 Å².